The van der Waals surface area contributed by atoms with Crippen molar-refractivity contribution in [3.05, 3.63) is 29.3 Å². The van der Waals surface area contributed by atoms with Crippen LogP contribution in [0.25, 0.3) is 0 Å². The van der Waals surface area contributed by atoms with Crippen LogP contribution in [-0.4, -0.2) is 41.8 Å². The van der Waals surface area contributed by atoms with E-state index in [2.05, 4.69) is 12.2 Å². The van der Waals surface area contributed by atoms with Gasteiger partial charge < -0.3 is 20.1 Å². The number of aliphatic hydroxyl groups excluding tert-OH is 1. The number of aliphatic hydroxyl groups is 1. The molecule has 0 bridgehead atoms. The van der Waals surface area contributed by atoms with E-state index in [1.165, 1.54) is 0 Å². The molecular formula is C18H28N2O3. The summed E-state index contributed by atoms with van der Waals surface area (Å²) in [5.74, 6) is 1.03. The molecule has 0 unspecified atom stereocenters. The van der Waals surface area contributed by atoms with E-state index >= 15 is 0 Å². The molecule has 2 atom stereocenters. The van der Waals surface area contributed by atoms with Crippen LogP contribution in [0.2, 0.25) is 0 Å². The SMILES string of the molecule is CCCOc1cc(C)ccc1CNC(=O)N1CC[C@@H]([C@@H](C)O)C1. The fraction of sp³-hybridized carbons (Fsp3) is 0.611. The second-order valence-electron chi connectivity index (χ2n) is 6.35. The molecule has 1 aromatic rings. The summed E-state index contributed by atoms with van der Waals surface area (Å²) in [5.41, 5.74) is 2.13. The number of nitrogens with zero attached hydrogens (tertiary/aromatic N) is 1. The molecule has 5 heteroatoms. The van der Waals surface area contributed by atoms with Crippen LogP contribution in [0.4, 0.5) is 4.79 Å². The van der Waals surface area contributed by atoms with E-state index in [0.717, 1.165) is 29.7 Å². The van der Waals surface area contributed by atoms with Gasteiger partial charge in [-0.05, 0) is 38.3 Å². The van der Waals surface area contributed by atoms with Crippen molar-refractivity contribution in [1.29, 1.82) is 0 Å². The highest BCUT2D eigenvalue weighted by Gasteiger charge is 2.28. The van der Waals surface area contributed by atoms with Crippen molar-refractivity contribution in [3.63, 3.8) is 0 Å². The minimum atomic E-state index is -0.362. The van der Waals surface area contributed by atoms with Gasteiger partial charge in [0.15, 0.2) is 0 Å². The molecule has 0 aliphatic carbocycles. The van der Waals surface area contributed by atoms with E-state index in [1.807, 2.05) is 25.1 Å². The zero-order chi connectivity index (χ0) is 16.8. The predicted molar refractivity (Wildman–Crippen MR) is 90.6 cm³/mol. The van der Waals surface area contributed by atoms with Crippen molar-refractivity contribution in [2.45, 2.75) is 46.3 Å². The van der Waals surface area contributed by atoms with Crippen molar-refractivity contribution in [1.82, 2.24) is 10.2 Å². The number of hydrogen-bond donors (Lipinski definition) is 2. The number of nitrogens with one attached hydrogen (secondary N) is 1. The quantitative estimate of drug-likeness (QED) is 0.847. The number of urea groups is 1. The molecule has 2 N–H and O–H groups in total. The fourth-order valence-corrected chi connectivity index (χ4v) is 2.80. The topological polar surface area (TPSA) is 61.8 Å². The van der Waals surface area contributed by atoms with Crippen molar-refractivity contribution in [2.75, 3.05) is 19.7 Å². The van der Waals surface area contributed by atoms with E-state index < -0.39 is 0 Å². The van der Waals surface area contributed by atoms with E-state index in [-0.39, 0.29) is 18.1 Å². The molecule has 128 valence electrons. The molecule has 0 aromatic heterocycles. The summed E-state index contributed by atoms with van der Waals surface area (Å²) in [5, 5.41) is 12.6. The summed E-state index contributed by atoms with van der Waals surface area (Å²) >= 11 is 0. The van der Waals surface area contributed by atoms with E-state index in [1.54, 1.807) is 11.8 Å². The standard InChI is InChI=1S/C18H28N2O3/c1-4-9-23-17-10-13(2)5-6-15(17)11-19-18(22)20-8-7-16(12-20)14(3)21/h5-6,10,14,16,21H,4,7-9,11-12H2,1-3H3,(H,19,22)/t14-,16-/m1/s1. The Morgan fingerprint density at radius 3 is 2.96 bits per heavy atom. The van der Waals surface area contributed by atoms with E-state index in [0.29, 0.717) is 26.2 Å². The predicted octanol–water partition coefficient (Wildman–Crippen LogP) is 2.70. The van der Waals surface area contributed by atoms with Crippen molar-refractivity contribution in [3.8, 4) is 5.75 Å². The number of aryl methyl sites for hydroxylation is 1. The number of amides is 2. The van der Waals surface area contributed by atoms with Gasteiger partial charge in [-0.1, -0.05) is 19.1 Å². The normalized spacial score (nSPS) is 18.8. The zero-order valence-corrected chi connectivity index (χ0v) is 14.3. The Labute approximate surface area is 138 Å². The average molecular weight is 320 g/mol. The summed E-state index contributed by atoms with van der Waals surface area (Å²) in [6.45, 7) is 8.34. The lowest BCUT2D eigenvalue weighted by molar-refractivity contribution is 0.129. The third-order valence-electron chi connectivity index (χ3n) is 4.31. The number of hydrogen-bond acceptors (Lipinski definition) is 3. The average Bonchev–Trinajstić information content (AvgIpc) is 3.02. The number of ether oxygens (including phenoxy) is 1. The summed E-state index contributed by atoms with van der Waals surface area (Å²) in [7, 11) is 0. The van der Waals surface area contributed by atoms with Crippen LogP contribution in [0.3, 0.4) is 0 Å². The maximum atomic E-state index is 12.3. The first-order chi connectivity index (χ1) is 11.0. The first-order valence-electron chi connectivity index (χ1n) is 8.44. The van der Waals surface area contributed by atoms with Gasteiger partial charge in [-0.15, -0.1) is 0 Å². The van der Waals surface area contributed by atoms with Crippen LogP contribution < -0.4 is 10.1 Å². The summed E-state index contributed by atoms with van der Waals surface area (Å²) in [4.78, 5) is 14.0. The molecule has 1 fully saturated rings. The van der Waals surface area contributed by atoms with Gasteiger partial charge in [-0.3, -0.25) is 0 Å². The van der Waals surface area contributed by atoms with E-state index in [9.17, 15) is 9.90 Å². The lowest BCUT2D eigenvalue weighted by Crippen LogP contribution is -2.38. The molecule has 23 heavy (non-hydrogen) atoms. The van der Waals surface area contributed by atoms with Crippen LogP contribution in [0.5, 0.6) is 5.75 Å². The summed E-state index contributed by atoms with van der Waals surface area (Å²) in [6, 6.07) is 5.97. The molecular weight excluding hydrogens is 292 g/mol. The number of rotatable bonds is 6. The number of likely N-dealkylation sites (tertiary alicyclic amines) is 1. The van der Waals surface area contributed by atoms with Gasteiger partial charge >= 0.3 is 6.03 Å². The Kier molecular flexibility index (Phi) is 6.28. The fourth-order valence-electron chi connectivity index (χ4n) is 2.80. The molecule has 0 radical (unpaired) electrons. The zero-order valence-electron chi connectivity index (χ0n) is 14.3. The monoisotopic (exact) mass is 320 g/mol. The molecule has 1 aliphatic heterocycles. The van der Waals surface area contributed by atoms with Gasteiger partial charge in [0, 0.05) is 31.1 Å². The molecule has 1 heterocycles. The Balaban J connectivity index is 1.91. The second kappa shape index (κ2) is 8.20. The van der Waals surface area contributed by atoms with Crippen molar-refractivity contribution in [2.24, 2.45) is 5.92 Å². The van der Waals surface area contributed by atoms with Gasteiger partial charge in [-0.2, -0.15) is 0 Å². The Bertz CT molecular complexity index is 531. The van der Waals surface area contributed by atoms with Gasteiger partial charge in [-0.25, -0.2) is 4.79 Å². The van der Waals surface area contributed by atoms with Gasteiger partial charge in [0.1, 0.15) is 5.75 Å². The molecule has 2 rings (SSSR count). The maximum Gasteiger partial charge on any atom is 0.317 e. The van der Waals surface area contributed by atoms with Crippen molar-refractivity contribution < 1.29 is 14.6 Å². The minimum absolute atomic E-state index is 0.0739. The third kappa shape index (κ3) is 4.86. The van der Waals surface area contributed by atoms with Gasteiger partial charge in [0.25, 0.3) is 0 Å². The molecule has 1 aromatic carbocycles. The first kappa shape index (κ1) is 17.6. The largest absolute Gasteiger partial charge is 0.493 e. The lowest BCUT2D eigenvalue weighted by atomic mass is 10.0. The maximum absolute atomic E-state index is 12.3. The highest BCUT2D eigenvalue weighted by Crippen LogP contribution is 2.22. The molecule has 2 amide bonds. The second-order valence-corrected chi connectivity index (χ2v) is 6.35. The minimum Gasteiger partial charge on any atom is -0.493 e. The number of carbonyl (C=O) groups is 1. The van der Waals surface area contributed by atoms with Crippen molar-refractivity contribution >= 4 is 6.03 Å². The van der Waals surface area contributed by atoms with Crippen LogP contribution in [0.1, 0.15) is 37.8 Å². The van der Waals surface area contributed by atoms with Gasteiger partial charge in [0.05, 0.1) is 12.7 Å². The van der Waals surface area contributed by atoms with Crippen LogP contribution in [-0.2, 0) is 6.54 Å². The molecule has 0 spiro atoms. The third-order valence-corrected chi connectivity index (χ3v) is 4.31. The van der Waals surface area contributed by atoms with Crippen LogP contribution in [0, 0.1) is 12.8 Å². The molecule has 1 saturated heterocycles. The smallest absolute Gasteiger partial charge is 0.317 e. The molecule has 0 saturated carbocycles. The number of carbonyl (C=O) groups excluding carboxylic acids is 1. The highest BCUT2D eigenvalue weighted by molar-refractivity contribution is 5.74. The highest BCUT2D eigenvalue weighted by atomic mass is 16.5. The lowest BCUT2D eigenvalue weighted by Gasteiger charge is -2.19. The first-order valence-corrected chi connectivity index (χ1v) is 8.44. The summed E-state index contributed by atoms with van der Waals surface area (Å²) in [6.07, 6.45) is 1.45. The van der Waals surface area contributed by atoms with Crippen LogP contribution >= 0.6 is 0 Å². The summed E-state index contributed by atoms with van der Waals surface area (Å²) < 4.78 is 5.78. The Morgan fingerprint density at radius 1 is 1.52 bits per heavy atom. The number of benzene rings is 1. The van der Waals surface area contributed by atoms with Crippen LogP contribution in [0.15, 0.2) is 18.2 Å². The molecule has 1 aliphatic rings. The van der Waals surface area contributed by atoms with E-state index in [4.69, 9.17) is 4.74 Å². The Hall–Kier alpha value is -1.75. The molecule has 5 nitrogen and oxygen atoms in total. The van der Waals surface area contributed by atoms with Gasteiger partial charge in [0.2, 0.25) is 0 Å². The Morgan fingerprint density at radius 2 is 2.30 bits per heavy atom.